The lowest BCUT2D eigenvalue weighted by Gasteiger charge is -2.15. The van der Waals surface area contributed by atoms with Crippen molar-refractivity contribution in [3.8, 4) is 0 Å². The van der Waals surface area contributed by atoms with Gasteiger partial charge in [0.15, 0.2) is 0 Å². The minimum atomic E-state index is -0.889. The summed E-state index contributed by atoms with van der Waals surface area (Å²) in [6.45, 7) is 0. The average molecular weight is 184 g/mol. The fraction of sp³-hybridized carbons (Fsp3) is 0.833. The highest BCUT2D eigenvalue weighted by atomic mass is 35.5. The summed E-state index contributed by atoms with van der Waals surface area (Å²) in [5.74, 6) is -0.847. The Morgan fingerprint density at radius 2 is 1.73 bits per heavy atom. The number of nitrogens with two attached hydrogens (primary N) is 1. The van der Waals surface area contributed by atoms with Gasteiger partial charge in [-0.25, -0.2) is 0 Å². The SMILES string of the molecule is Cl.NC1(C(=O)O)CCCC1.O. The fourth-order valence-corrected chi connectivity index (χ4v) is 1.22. The summed E-state index contributed by atoms with van der Waals surface area (Å²) >= 11 is 0. The summed E-state index contributed by atoms with van der Waals surface area (Å²) < 4.78 is 0. The lowest BCUT2D eigenvalue weighted by molar-refractivity contribution is -0.143. The molecule has 0 spiro atoms. The highest BCUT2D eigenvalue weighted by Gasteiger charge is 2.36. The van der Waals surface area contributed by atoms with E-state index in [0.29, 0.717) is 12.8 Å². The Bertz CT molecular complexity index is 134. The van der Waals surface area contributed by atoms with Crippen molar-refractivity contribution in [2.24, 2.45) is 5.73 Å². The highest BCUT2D eigenvalue weighted by molar-refractivity contribution is 5.85. The number of carbonyl (C=O) groups is 1. The van der Waals surface area contributed by atoms with Crippen LogP contribution in [0.4, 0.5) is 0 Å². The third kappa shape index (κ3) is 2.65. The van der Waals surface area contributed by atoms with Crippen molar-refractivity contribution < 1.29 is 15.4 Å². The Labute approximate surface area is 71.5 Å². The molecule has 0 aromatic heterocycles. The van der Waals surface area contributed by atoms with Crippen molar-refractivity contribution in [3.63, 3.8) is 0 Å². The van der Waals surface area contributed by atoms with Crippen LogP contribution in [0.25, 0.3) is 0 Å². The molecular formula is C6H14ClNO3. The standard InChI is InChI=1S/C6H11NO2.ClH.H2O/c7-6(5(8)9)3-1-2-4-6;;/h1-4,7H2,(H,8,9);1H;1H2. The number of rotatable bonds is 1. The lowest BCUT2D eigenvalue weighted by Crippen LogP contribution is -2.44. The van der Waals surface area contributed by atoms with Crippen LogP contribution in [-0.2, 0) is 4.79 Å². The van der Waals surface area contributed by atoms with Gasteiger partial charge >= 0.3 is 5.97 Å². The molecule has 1 aliphatic rings. The van der Waals surface area contributed by atoms with E-state index >= 15 is 0 Å². The van der Waals surface area contributed by atoms with Gasteiger partial charge in [0, 0.05) is 0 Å². The van der Waals surface area contributed by atoms with Crippen LogP contribution in [-0.4, -0.2) is 22.1 Å². The summed E-state index contributed by atoms with van der Waals surface area (Å²) in [4.78, 5) is 10.4. The average Bonchev–Trinajstić information content (AvgIpc) is 2.16. The molecule has 0 bridgehead atoms. The van der Waals surface area contributed by atoms with Gasteiger partial charge in [0.25, 0.3) is 0 Å². The van der Waals surface area contributed by atoms with Crippen molar-refractivity contribution in [2.45, 2.75) is 31.2 Å². The van der Waals surface area contributed by atoms with Crippen LogP contribution in [0.1, 0.15) is 25.7 Å². The van der Waals surface area contributed by atoms with E-state index < -0.39 is 11.5 Å². The third-order valence-corrected chi connectivity index (χ3v) is 1.92. The minimum Gasteiger partial charge on any atom is -0.480 e. The zero-order valence-corrected chi connectivity index (χ0v) is 6.99. The Kier molecular flexibility index (Phi) is 5.48. The Morgan fingerprint density at radius 3 is 1.91 bits per heavy atom. The Hall–Kier alpha value is -0.320. The summed E-state index contributed by atoms with van der Waals surface area (Å²) in [6, 6.07) is 0. The second-order valence-electron chi connectivity index (χ2n) is 2.67. The van der Waals surface area contributed by atoms with E-state index in [1.165, 1.54) is 0 Å². The smallest absolute Gasteiger partial charge is 0.323 e. The zero-order valence-electron chi connectivity index (χ0n) is 6.17. The predicted octanol–water partition coefficient (Wildman–Crippen LogP) is -0.0604. The maximum absolute atomic E-state index is 10.4. The molecular weight excluding hydrogens is 170 g/mol. The largest absolute Gasteiger partial charge is 0.480 e. The molecule has 0 amide bonds. The van der Waals surface area contributed by atoms with Gasteiger partial charge in [-0.2, -0.15) is 0 Å². The molecule has 0 heterocycles. The van der Waals surface area contributed by atoms with E-state index in [1.807, 2.05) is 0 Å². The van der Waals surface area contributed by atoms with Gasteiger partial charge in [-0.15, -0.1) is 12.4 Å². The number of carboxylic acid groups (broad SMARTS) is 1. The zero-order chi connectivity index (χ0) is 6.91. The molecule has 0 atom stereocenters. The lowest BCUT2D eigenvalue weighted by atomic mass is 10.0. The van der Waals surface area contributed by atoms with Gasteiger partial charge in [-0.1, -0.05) is 12.8 Å². The van der Waals surface area contributed by atoms with Crippen LogP contribution >= 0.6 is 12.4 Å². The molecule has 5 N–H and O–H groups in total. The van der Waals surface area contributed by atoms with Gasteiger partial charge in [0.1, 0.15) is 5.54 Å². The molecule has 5 heteroatoms. The van der Waals surface area contributed by atoms with Crippen LogP contribution in [0.3, 0.4) is 0 Å². The second kappa shape index (κ2) is 4.54. The van der Waals surface area contributed by atoms with Crippen LogP contribution in [0, 0.1) is 0 Å². The molecule has 1 rings (SSSR count). The predicted molar refractivity (Wildman–Crippen MR) is 43.9 cm³/mol. The molecule has 1 saturated carbocycles. The van der Waals surface area contributed by atoms with Crippen molar-refractivity contribution in [1.82, 2.24) is 0 Å². The van der Waals surface area contributed by atoms with Crippen LogP contribution in [0.5, 0.6) is 0 Å². The van der Waals surface area contributed by atoms with E-state index in [9.17, 15) is 4.79 Å². The first-order chi connectivity index (χ1) is 4.15. The molecule has 68 valence electrons. The molecule has 0 aromatic rings. The van der Waals surface area contributed by atoms with E-state index in [0.717, 1.165) is 12.8 Å². The highest BCUT2D eigenvalue weighted by Crippen LogP contribution is 2.26. The molecule has 1 aliphatic carbocycles. The number of halogens is 1. The van der Waals surface area contributed by atoms with Crippen molar-refractivity contribution in [1.29, 1.82) is 0 Å². The summed E-state index contributed by atoms with van der Waals surface area (Å²) in [6.07, 6.45) is 3.20. The van der Waals surface area contributed by atoms with Gasteiger partial charge in [-0.3, -0.25) is 4.79 Å². The van der Waals surface area contributed by atoms with Gasteiger partial charge in [0.05, 0.1) is 0 Å². The molecule has 0 aliphatic heterocycles. The van der Waals surface area contributed by atoms with Crippen molar-refractivity contribution in [3.05, 3.63) is 0 Å². The van der Waals surface area contributed by atoms with Crippen LogP contribution in [0.15, 0.2) is 0 Å². The summed E-state index contributed by atoms with van der Waals surface area (Å²) in [5, 5.41) is 8.55. The van der Waals surface area contributed by atoms with E-state index in [1.54, 1.807) is 0 Å². The number of carboxylic acids is 1. The van der Waals surface area contributed by atoms with Crippen molar-refractivity contribution >= 4 is 18.4 Å². The quantitative estimate of drug-likeness (QED) is 0.596. The molecule has 0 unspecified atom stereocenters. The fourth-order valence-electron chi connectivity index (χ4n) is 1.22. The maximum atomic E-state index is 10.4. The van der Waals surface area contributed by atoms with Crippen LogP contribution in [0.2, 0.25) is 0 Å². The van der Waals surface area contributed by atoms with Gasteiger partial charge < -0.3 is 16.3 Å². The van der Waals surface area contributed by atoms with E-state index in [4.69, 9.17) is 10.8 Å². The monoisotopic (exact) mass is 183 g/mol. The van der Waals surface area contributed by atoms with Crippen molar-refractivity contribution in [2.75, 3.05) is 0 Å². The second-order valence-corrected chi connectivity index (χ2v) is 2.67. The summed E-state index contributed by atoms with van der Waals surface area (Å²) in [5.41, 5.74) is 4.61. The van der Waals surface area contributed by atoms with Gasteiger partial charge in [-0.05, 0) is 12.8 Å². The Balaban J connectivity index is 0. The third-order valence-electron chi connectivity index (χ3n) is 1.92. The first kappa shape index (κ1) is 13.3. The minimum absolute atomic E-state index is 0. The summed E-state index contributed by atoms with van der Waals surface area (Å²) in [7, 11) is 0. The number of aliphatic carboxylic acids is 1. The van der Waals surface area contributed by atoms with Gasteiger partial charge in [0.2, 0.25) is 0 Å². The molecule has 0 radical (unpaired) electrons. The first-order valence-electron chi connectivity index (χ1n) is 3.17. The van der Waals surface area contributed by atoms with Crippen LogP contribution < -0.4 is 5.73 Å². The maximum Gasteiger partial charge on any atom is 0.323 e. The van der Waals surface area contributed by atoms with E-state index in [2.05, 4.69) is 0 Å². The Morgan fingerprint density at radius 1 is 1.36 bits per heavy atom. The number of hydrogen-bond donors (Lipinski definition) is 2. The molecule has 1 fully saturated rings. The molecule has 0 aromatic carbocycles. The topological polar surface area (TPSA) is 94.8 Å². The molecule has 4 nitrogen and oxygen atoms in total. The first-order valence-corrected chi connectivity index (χ1v) is 3.17. The van der Waals surface area contributed by atoms with E-state index in [-0.39, 0.29) is 17.9 Å². The normalized spacial score (nSPS) is 19.7. The molecule has 11 heavy (non-hydrogen) atoms. The number of hydrogen-bond acceptors (Lipinski definition) is 2. The molecule has 0 saturated heterocycles.